The molecule has 0 aliphatic rings. The fourth-order valence-corrected chi connectivity index (χ4v) is 1.28. The molecule has 0 saturated carbocycles. The molecular weight excluding hydrogens is 228 g/mol. The highest BCUT2D eigenvalue weighted by Crippen LogP contribution is 2.24. The molecule has 0 aliphatic heterocycles. The van der Waals surface area contributed by atoms with Gasteiger partial charge in [-0.15, -0.1) is 0 Å². The van der Waals surface area contributed by atoms with Crippen LogP contribution < -0.4 is 0 Å². The maximum atomic E-state index is 12.2. The lowest BCUT2D eigenvalue weighted by Crippen LogP contribution is -1.86. The molecule has 6 heteroatoms. The molecule has 0 spiro atoms. The SMILES string of the molecule is O=C(Cl)c1ccc2nc(C(F)F)oc2c1. The Morgan fingerprint density at radius 2 is 2.20 bits per heavy atom. The van der Waals surface area contributed by atoms with E-state index < -0.39 is 17.6 Å². The van der Waals surface area contributed by atoms with Crippen LogP contribution in [0.25, 0.3) is 11.1 Å². The lowest BCUT2D eigenvalue weighted by molar-refractivity contribution is 0.108. The molecule has 0 amide bonds. The zero-order chi connectivity index (χ0) is 11.0. The second-order valence-electron chi connectivity index (χ2n) is 2.81. The molecule has 78 valence electrons. The van der Waals surface area contributed by atoms with Gasteiger partial charge in [-0.2, -0.15) is 8.78 Å². The summed E-state index contributed by atoms with van der Waals surface area (Å²) in [5.74, 6) is -0.663. The van der Waals surface area contributed by atoms with Crippen LogP contribution in [0.2, 0.25) is 0 Å². The number of oxazole rings is 1. The summed E-state index contributed by atoms with van der Waals surface area (Å²) in [6.07, 6.45) is -2.77. The minimum absolute atomic E-state index is 0.122. The molecule has 0 radical (unpaired) electrons. The summed E-state index contributed by atoms with van der Waals surface area (Å²) in [5, 5.41) is -0.674. The molecule has 0 saturated heterocycles. The van der Waals surface area contributed by atoms with Gasteiger partial charge in [-0.05, 0) is 29.8 Å². The number of benzene rings is 1. The second-order valence-corrected chi connectivity index (χ2v) is 3.15. The first-order valence-corrected chi connectivity index (χ1v) is 4.34. The van der Waals surface area contributed by atoms with Crippen LogP contribution >= 0.6 is 11.6 Å². The summed E-state index contributed by atoms with van der Waals surface area (Å²) in [6, 6.07) is 4.08. The van der Waals surface area contributed by atoms with E-state index in [4.69, 9.17) is 16.0 Å². The van der Waals surface area contributed by atoms with E-state index in [0.29, 0.717) is 0 Å². The Morgan fingerprint density at radius 3 is 2.80 bits per heavy atom. The Bertz CT molecular complexity index is 524. The summed E-state index contributed by atoms with van der Waals surface area (Å²) in [6.45, 7) is 0. The predicted octanol–water partition coefficient (Wildman–Crippen LogP) is 3.14. The summed E-state index contributed by atoms with van der Waals surface area (Å²) >= 11 is 5.22. The molecule has 1 aromatic heterocycles. The van der Waals surface area contributed by atoms with Crippen molar-refractivity contribution in [1.29, 1.82) is 0 Å². The molecular formula is C9H4ClF2NO2. The third-order valence-electron chi connectivity index (χ3n) is 1.82. The molecule has 3 nitrogen and oxygen atoms in total. The van der Waals surface area contributed by atoms with E-state index >= 15 is 0 Å². The van der Waals surface area contributed by atoms with Gasteiger partial charge in [0, 0.05) is 5.56 Å². The Hall–Kier alpha value is -1.49. The number of carbonyl (C=O) groups is 1. The monoisotopic (exact) mass is 231 g/mol. The molecule has 0 atom stereocenters. The molecule has 0 N–H and O–H groups in total. The van der Waals surface area contributed by atoms with Crippen molar-refractivity contribution in [3.8, 4) is 0 Å². The predicted molar refractivity (Wildman–Crippen MR) is 49.1 cm³/mol. The molecule has 0 fully saturated rings. The van der Waals surface area contributed by atoms with Crippen molar-refractivity contribution >= 4 is 27.9 Å². The summed E-state index contributed by atoms with van der Waals surface area (Å²) in [5.41, 5.74) is 0.574. The van der Waals surface area contributed by atoms with Crippen LogP contribution in [-0.4, -0.2) is 10.2 Å². The summed E-state index contributed by atoms with van der Waals surface area (Å²) in [7, 11) is 0. The molecule has 0 unspecified atom stereocenters. The number of hydrogen-bond acceptors (Lipinski definition) is 3. The number of halogens is 3. The summed E-state index contributed by atoms with van der Waals surface area (Å²) in [4.78, 5) is 14.3. The van der Waals surface area contributed by atoms with Crippen LogP contribution in [0, 0.1) is 0 Å². The third kappa shape index (κ3) is 1.83. The van der Waals surface area contributed by atoms with Gasteiger partial charge in [0.1, 0.15) is 5.52 Å². The van der Waals surface area contributed by atoms with Crippen molar-refractivity contribution in [2.45, 2.75) is 6.43 Å². The normalized spacial score (nSPS) is 11.2. The molecule has 0 bridgehead atoms. The van der Waals surface area contributed by atoms with Crippen molar-refractivity contribution in [2.75, 3.05) is 0 Å². The lowest BCUT2D eigenvalue weighted by Gasteiger charge is -1.90. The average molecular weight is 232 g/mol. The van der Waals surface area contributed by atoms with E-state index in [1.807, 2.05) is 0 Å². The largest absolute Gasteiger partial charge is 0.435 e. The van der Waals surface area contributed by atoms with E-state index in [-0.39, 0.29) is 16.7 Å². The lowest BCUT2D eigenvalue weighted by atomic mass is 10.2. The fourth-order valence-electron chi connectivity index (χ4n) is 1.16. The zero-order valence-corrected chi connectivity index (χ0v) is 7.96. The van der Waals surface area contributed by atoms with Crippen LogP contribution in [-0.2, 0) is 0 Å². The van der Waals surface area contributed by atoms with Gasteiger partial charge in [0.05, 0.1) is 0 Å². The molecule has 2 aromatic rings. The van der Waals surface area contributed by atoms with Crippen LogP contribution in [0.15, 0.2) is 22.6 Å². The number of aromatic nitrogens is 1. The smallest absolute Gasteiger partial charge is 0.313 e. The minimum Gasteiger partial charge on any atom is -0.435 e. The van der Waals surface area contributed by atoms with Crippen molar-refractivity contribution in [2.24, 2.45) is 0 Å². The molecule has 0 aliphatic carbocycles. The first-order valence-electron chi connectivity index (χ1n) is 3.96. The maximum Gasteiger partial charge on any atom is 0.313 e. The first kappa shape index (κ1) is 10.0. The number of nitrogens with zero attached hydrogens (tertiary/aromatic N) is 1. The van der Waals surface area contributed by atoms with Crippen molar-refractivity contribution in [3.05, 3.63) is 29.7 Å². The van der Waals surface area contributed by atoms with Gasteiger partial charge in [-0.1, -0.05) is 0 Å². The Labute approximate surface area is 87.7 Å². The van der Waals surface area contributed by atoms with Gasteiger partial charge in [-0.3, -0.25) is 4.79 Å². The van der Waals surface area contributed by atoms with E-state index in [1.165, 1.54) is 18.2 Å². The number of rotatable bonds is 2. The molecule has 15 heavy (non-hydrogen) atoms. The van der Waals surface area contributed by atoms with Crippen molar-refractivity contribution < 1.29 is 18.0 Å². The van der Waals surface area contributed by atoms with Crippen LogP contribution in [0.5, 0.6) is 0 Å². The second kappa shape index (κ2) is 3.58. The molecule has 1 aromatic carbocycles. The van der Waals surface area contributed by atoms with Gasteiger partial charge < -0.3 is 4.42 Å². The number of carbonyl (C=O) groups excluding carboxylic acids is 1. The number of alkyl halides is 2. The minimum atomic E-state index is -2.77. The van der Waals surface area contributed by atoms with Crippen LogP contribution in [0.4, 0.5) is 8.78 Å². The third-order valence-corrected chi connectivity index (χ3v) is 2.04. The van der Waals surface area contributed by atoms with Gasteiger partial charge in [0.15, 0.2) is 5.58 Å². The van der Waals surface area contributed by atoms with Gasteiger partial charge in [0.25, 0.3) is 11.1 Å². The van der Waals surface area contributed by atoms with Crippen molar-refractivity contribution in [3.63, 3.8) is 0 Å². The Morgan fingerprint density at radius 1 is 1.47 bits per heavy atom. The highest BCUT2D eigenvalue weighted by atomic mass is 35.5. The zero-order valence-electron chi connectivity index (χ0n) is 7.21. The van der Waals surface area contributed by atoms with Gasteiger partial charge in [0.2, 0.25) is 0 Å². The average Bonchev–Trinajstić information content (AvgIpc) is 2.59. The fraction of sp³-hybridized carbons (Fsp3) is 0.111. The highest BCUT2D eigenvalue weighted by molar-refractivity contribution is 6.67. The topological polar surface area (TPSA) is 43.1 Å². The Kier molecular flexibility index (Phi) is 2.40. The van der Waals surface area contributed by atoms with Gasteiger partial charge >= 0.3 is 6.43 Å². The van der Waals surface area contributed by atoms with Crippen LogP contribution in [0.1, 0.15) is 22.7 Å². The van der Waals surface area contributed by atoms with E-state index in [0.717, 1.165) is 0 Å². The van der Waals surface area contributed by atoms with Crippen LogP contribution in [0.3, 0.4) is 0 Å². The quantitative estimate of drug-likeness (QED) is 0.746. The maximum absolute atomic E-state index is 12.2. The summed E-state index contributed by atoms with van der Waals surface area (Å²) < 4.78 is 29.2. The van der Waals surface area contributed by atoms with E-state index in [2.05, 4.69) is 4.98 Å². The van der Waals surface area contributed by atoms with Crippen molar-refractivity contribution in [1.82, 2.24) is 4.98 Å². The molecule has 1 heterocycles. The number of hydrogen-bond donors (Lipinski definition) is 0. The highest BCUT2D eigenvalue weighted by Gasteiger charge is 2.16. The standard InChI is InChI=1S/C9H4ClF2NO2/c10-7(14)4-1-2-5-6(3-4)15-9(13-5)8(11)12/h1-3,8H. The molecule has 2 rings (SSSR count). The van der Waals surface area contributed by atoms with E-state index in [1.54, 1.807) is 0 Å². The number of fused-ring (bicyclic) bond motifs is 1. The Balaban J connectivity index is 2.57. The van der Waals surface area contributed by atoms with Gasteiger partial charge in [-0.25, -0.2) is 4.98 Å². The van der Waals surface area contributed by atoms with E-state index in [9.17, 15) is 13.6 Å². The first-order chi connectivity index (χ1) is 7.08.